The van der Waals surface area contributed by atoms with E-state index >= 15 is 0 Å². The number of carbonyl (C=O) groups excluding carboxylic acids is 3. The van der Waals surface area contributed by atoms with E-state index in [0.29, 0.717) is 21.9 Å². The van der Waals surface area contributed by atoms with Gasteiger partial charge in [0.05, 0.1) is 36.5 Å². The van der Waals surface area contributed by atoms with E-state index in [0.717, 1.165) is 10.0 Å². The van der Waals surface area contributed by atoms with Crippen molar-refractivity contribution in [3.63, 3.8) is 0 Å². The van der Waals surface area contributed by atoms with Crippen molar-refractivity contribution in [1.82, 2.24) is 5.32 Å². The molecule has 32 heavy (non-hydrogen) atoms. The molecular formula is C23H19BrN2O5S. The number of esters is 2. The first kappa shape index (κ1) is 23.6. The Morgan fingerprint density at radius 1 is 1.09 bits per heavy atom. The summed E-state index contributed by atoms with van der Waals surface area (Å²) in [7, 11) is 2.47. The third kappa shape index (κ3) is 5.03. The number of allylic oxidation sites excluding steroid dienone is 1. The van der Waals surface area contributed by atoms with Crippen molar-refractivity contribution in [1.29, 1.82) is 5.26 Å². The van der Waals surface area contributed by atoms with Gasteiger partial charge in [-0.05, 0) is 35.4 Å². The number of hydrogen-bond donors (Lipinski definition) is 1. The number of nitrogens with zero attached hydrogens (tertiary/aromatic N) is 1. The number of rotatable bonds is 6. The minimum atomic E-state index is -1.23. The number of methoxy groups -OCH3 is 2. The summed E-state index contributed by atoms with van der Waals surface area (Å²) >= 11 is 4.70. The number of carbonyl (C=O) groups is 3. The van der Waals surface area contributed by atoms with Crippen LogP contribution in [0.3, 0.4) is 0 Å². The smallest absolute Gasteiger partial charge is 0.337 e. The molecule has 0 fully saturated rings. The summed E-state index contributed by atoms with van der Waals surface area (Å²) in [6, 6.07) is 16.2. The molecule has 1 amide bonds. The molecule has 2 atom stereocenters. The Labute approximate surface area is 197 Å². The van der Waals surface area contributed by atoms with Crippen molar-refractivity contribution in [3.8, 4) is 6.07 Å². The van der Waals surface area contributed by atoms with Crippen LogP contribution in [0.15, 0.2) is 63.6 Å². The molecule has 0 spiro atoms. The van der Waals surface area contributed by atoms with Crippen LogP contribution in [0.25, 0.3) is 0 Å². The second kappa shape index (κ2) is 10.5. The van der Waals surface area contributed by atoms with E-state index in [2.05, 4.69) is 27.3 Å². The third-order valence-corrected chi connectivity index (χ3v) is 6.59. The number of nitrogens with one attached hydrogen (secondary N) is 1. The highest BCUT2D eigenvalue weighted by atomic mass is 79.9. The van der Waals surface area contributed by atoms with Gasteiger partial charge >= 0.3 is 11.9 Å². The first-order valence-corrected chi connectivity index (χ1v) is 11.3. The van der Waals surface area contributed by atoms with Gasteiger partial charge in [-0.2, -0.15) is 5.26 Å². The maximum Gasteiger partial charge on any atom is 0.337 e. The lowest BCUT2D eigenvalue weighted by Crippen LogP contribution is -2.44. The standard InChI is InChI=1S/C23H19BrN2O5S/c1-30-22(28)15-7-5-14(6-8-15)18-17(11-25)21(26-20(27)19(18)23(29)31-2)32-12-13-3-9-16(24)10-4-13/h3-10,18-19H,12H2,1-2H3,(H,26,27)/t18-,19-/m1/s1. The molecule has 2 aromatic rings. The van der Waals surface area contributed by atoms with Crippen LogP contribution in [0.4, 0.5) is 0 Å². The average Bonchev–Trinajstić information content (AvgIpc) is 2.82. The normalized spacial score (nSPS) is 17.9. The monoisotopic (exact) mass is 514 g/mol. The molecule has 0 saturated heterocycles. The summed E-state index contributed by atoms with van der Waals surface area (Å²) in [5, 5.41) is 13.1. The Hall–Kier alpha value is -3.09. The van der Waals surface area contributed by atoms with E-state index in [1.807, 2.05) is 24.3 Å². The van der Waals surface area contributed by atoms with Crippen LogP contribution >= 0.6 is 27.7 Å². The quantitative estimate of drug-likeness (QED) is 0.460. The minimum Gasteiger partial charge on any atom is -0.468 e. The van der Waals surface area contributed by atoms with Crippen molar-refractivity contribution in [3.05, 3.63) is 80.3 Å². The zero-order valence-electron chi connectivity index (χ0n) is 17.3. The second-order valence-electron chi connectivity index (χ2n) is 6.85. The molecule has 3 rings (SSSR count). The molecule has 0 bridgehead atoms. The second-order valence-corrected chi connectivity index (χ2v) is 8.75. The van der Waals surface area contributed by atoms with Crippen molar-refractivity contribution >= 4 is 45.5 Å². The molecule has 1 aliphatic rings. The molecule has 0 saturated carbocycles. The van der Waals surface area contributed by atoms with Gasteiger partial charge in [0, 0.05) is 16.1 Å². The highest BCUT2D eigenvalue weighted by Crippen LogP contribution is 2.41. The number of ether oxygens (including phenoxy) is 2. The Morgan fingerprint density at radius 3 is 2.31 bits per heavy atom. The van der Waals surface area contributed by atoms with E-state index in [1.54, 1.807) is 12.1 Å². The van der Waals surface area contributed by atoms with E-state index in [4.69, 9.17) is 9.47 Å². The van der Waals surface area contributed by atoms with Gasteiger partial charge < -0.3 is 14.8 Å². The van der Waals surface area contributed by atoms with Gasteiger partial charge in [0.1, 0.15) is 5.92 Å². The Bertz CT molecular complexity index is 1110. The Kier molecular flexibility index (Phi) is 7.72. The molecule has 0 radical (unpaired) electrons. The van der Waals surface area contributed by atoms with E-state index < -0.39 is 29.7 Å². The van der Waals surface area contributed by atoms with Crippen LogP contribution in [-0.4, -0.2) is 32.1 Å². The van der Waals surface area contributed by atoms with Gasteiger partial charge in [-0.25, -0.2) is 4.79 Å². The summed E-state index contributed by atoms with van der Waals surface area (Å²) in [6.45, 7) is 0. The summed E-state index contributed by atoms with van der Waals surface area (Å²) < 4.78 is 10.5. The topological polar surface area (TPSA) is 105 Å². The SMILES string of the molecule is COC(=O)c1ccc([C@@H]2C(C#N)=C(SCc3ccc(Br)cc3)NC(=O)[C@@H]2C(=O)OC)cc1. The third-order valence-electron chi connectivity index (χ3n) is 4.97. The molecule has 164 valence electrons. The molecule has 2 aromatic carbocycles. The van der Waals surface area contributed by atoms with Crippen LogP contribution in [-0.2, 0) is 24.8 Å². The fourth-order valence-electron chi connectivity index (χ4n) is 3.36. The van der Waals surface area contributed by atoms with Gasteiger partial charge in [0.2, 0.25) is 5.91 Å². The van der Waals surface area contributed by atoms with Gasteiger partial charge in [0.25, 0.3) is 0 Å². The number of halogens is 1. The zero-order chi connectivity index (χ0) is 23.3. The van der Waals surface area contributed by atoms with Gasteiger partial charge in [-0.3, -0.25) is 9.59 Å². The Balaban J connectivity index is 2.01. The summed E-state index contributed by atoms with van der Waals surface area (Å²) in [5.41, 5.74) is 2.12. The molecule has 9 heteroatoms. The van der Waals surface area contributed by atoms with E-state index in [-0.39, 0.29) is 5.57 Å². The molecule has 0 aromatic heterocycles. The van der Waals surface area contributed by atoms with Crippen molar-refractivity contribution in [2.24, 2.45) is 5.92 Å². The lowest BCUT2D eigenvalue weighted by atomic mass is 9.78. The van der Waals surface area contributed by atoms with Crippen LogP contribution < -0.4 is 5.32 Å². The molecular weight excluding hydrogens is 496 g/mol. The molecule has 1 N–H and O–H groups in total. The molecule has 1 aliphatic heterocycles. The Morgan fingerprint density at radius 2 is 1.75 bits per heavy atom. The number of amides is 1. The highest BCUT2D eigenvalue weighted by molar-refractivity contribution is 9.10. The van der Waals surface area contributed by atoms with Crippen LogP contribution in [0.2, 0.25) is 0 Å². The molecule has 1 heterocycles. The first-order chi connectivity index (χ1) is 15.4. The van der Waals surface area contributed by atoms with Crippen LogP contribution in [0.5, 0.6) is 0 Å². The molecule has 0 unspecified atom stereocenters. The predicted molar refractivity (Wildman–Crippen MR) is 122 cm³/mol. The van der Waals surface area contributed by atoms with Crippen LogP contribution in [0, 0.1) is 17.2 Å². The summed E-state index contributed by atoms with van der Waals surface area (Å²) in [4.78, 5) is 37.1. The number of hydrogen-bond acceptors (Lipinski definition) is 7. The summed E-state index contributed by atoms with van der Waals surface area (Å²) in [6.07, 6.45) is 0. The van der Waals surface area contributed by atoms with Gasteiger partial charge in [-0.15, -0.1) is 11.8 Å². The molecule has 7 nitrogen and oxygen atoms in total. The molecule has 0 aliphatic carbocycles. The lowest BCUT2D eigenvalue weighted by molar-refractivity contribution is -0.150. The van der Waals surface area contributed by atoms with Crippen LogP contribution in [0.1, 0.15) is 27.4 Å². The maximum absolute atomic E-state index is 12.9. The van der Waals surface area contributed by atoms with Gasteiger partial charge in [0.15, 0.2) is 0 Å². The fraction of sp³-hybridized carbons (Fsp3) is 0.217. The summed E-state index contributed by atoms with van der Waals surface area (Å²) in [5.74, 6) is -3.35. The predicted octanol–water partition coefficient (Wildman–Crippen LogP) is 3.91. The maximum atomic E-state index is 12.9. The van der Waals surface area contributed by atoms with Crippen molar-refractivity contribution in [2.75, 3.05) is 14.2 Å². The first-order valence-electron chi connectivity index (χ1n) is 9.48. The minimum absolute atomic E-state index is 0.257. The van der Waals surface area contributed by atoms with Gasteiger partial charge in [-0.1, -0.05) is 40.2 Å². The largest absolute Gasteiger partial charge is 0.468 e. The van der Waals surface area contributed by atoms with E-state index in [9.17, 15) is 19.6 Å². The zero-order valence-corrected chi connectivity index (χ0v) is 19.7. The van der Waals surface area contributed by atoms with Crippen molar-refractivity contribution < 1.29 is 23.9 Å². The average molecular weight is 515 g/mol. The van der Waals surface area contributed by atoms with Crippen molar-refractivity contribution in [2.45, 2.75) is 11.7 Å². The lowest BCUT2D eigenvalue weighted by Gasteiger charge is -2.31. The number of thioether (sulfide) groups is 1. The fourth-order valence-corrected chi connectivity index (χ4v) is 4.63. The van der Waals surface area contributed by atoms with E-state index in [1.165, 1.54) is 38.1 Å². The number of benzene rings is 2. The highest BCUT2D eigenvalue weighted by Gasteiger charge is 2.44. The number of nitriles is 1.